The highest BCUT2D eigenvalue weighted by Gasteiger charge is 2.21. The van der Waals surface area contributed by atoms with Crippen LogP contribution in [0.1, 0.15) is 0 Å². The van der Waals surface area contributed by atoms with Crippen molar-refractivity contribution in [1.82, 2.24) is 15.2 Å². The first-order chi connectivity index (χ1) is 12.6. The SMILES string of the molecule is O=C(CNC(=O)N1CCN(c2ccc(F)cc2)CC1)Nc1ccncc1. The maximum atomic E-state index is 13.0. The van der Waals surface area contributed by atoms with Gasteiger partial charge in [-0.2, -0.15) is 0 Å². The van der Waals surface area contributed by atoms with Gasteiger partial charge in [0.15, 0.2) is 0 Å². The number of amides is 3. The number of nitrogens with one attached hydrogen (secondary N) is 2. The van der Waals surface area contributed by atoms with Crippen LogP contribution in [0.15, 0.2) is 48.8 Å². The van der Waals surface area contributed by atoms with E-state index in [2.05, 4.69) is 20.5 Å². The van der Waals surface area contributed by atoms with Gasteiger partial charge in [0.05, 0.1) is 6.54 Å². The third-order valence-electron chi connectivity index (χ3n) is 4.12. The summed E-state index contributed by atoms with van der Waals surface area (Å²) in [6.07, 6.45) is 3.16. The molecule has 136 valence electrons. The lowest BCUT2D eigenvalue weighted by Gasteiger charge is -2.36. The summed E-state index contributed by atoms with van der Waals surface area (Å²) in [4.78, 5) is 31.7. The summed E-state index contributed by atoms with van der Waals surface area (Å²) in [5.41, 5.74) is 1.57. The van der Waals surface area contributed by atoms with E-state index in [0.29, 0.717) is 31.9 Å². The average molecular weight is 357 g/mol. The van der Waals surface area contributed by atoms with Crippen molar-refractivity contribution in [2.24, 2.45) is 0 Å². The monoisotopic (exact) mass is 357 g/mol. The zero-order valence-corrected chi connectivity index (χ0v) is 14.2. The molecule has 0 aliphatic carbocycles. The first-order valence-electron chi connectivity index (χ1n) is 8.35. The van der Waals surface area contributed by atoms with E-state index >= 15 is 0 Å². The number of carbonyl (C=O) groups excluding carboxylic acids is 2. The van der Waals surface area contributed by atoms with Gasteiger partial charge in [0.2, 0.25) is 5.91 Å². The number of halogens is 1. The van der Waals surface area contributed by atoms with Crippen LogP contribution in [-0.4, -0.2) is 54.5 Å². The van der Waals surface area contributed by atoms with Gasteiger partial charge in [-0.25, -0.2) is 9.18 Å². The van der Waals surface area contributed by atoms with Crippen molar-refractivity contribution in [3.8, 4) is 0 Å². The number of rotatable bonds is 4. The Labute approximate surface area is 150 Å². The maximum absolute atomic E-state index is 13.0. The minimum Gasteiger partial charge on any atom is -0.368 e. The fourth-order valence-corrected chi connectivity index (χ4v) is 2.73. The van der Waals surface area contributed by atoms with Gasteiger partial charge in [-0.15, -0.1) is 0 Å². The van der Waals surface area contributed by atoms with E-state index in [4.69, 9.17) is 0 Å². The summed E-state index contributed by atoms with van der Waals surface area (Å²) in [7, 11) is 0. The lowest BCUT2D eigenvalue weighted by atomic mass is 10.2. The minimum atomic E-state index is -0.297. The fraction of sp³-hybridized carbons (Fsp3) is 0.278. The molecule has 2 N–H and O–H groups in total. The van der Waals surface area contributed by atoms with E-state index < -0.39 is 0 Å². The fourth-order valence-electron chi connectivity index (χ4n) is 2.73. The van der Waals surface area contributed by atoms with Crippen LogP contribution in [0.25, 0.3) is 0 Å². The van der Waals surface area contributed by atoms with Crippen molar-refractivity contribution in [1.29, 1.82) is 0 Å². The summed E-state index contributed by atoms with van der Waals surface area (Å²) in [6.45, 7) is 2.29. The molecule has 1 aliphatic rings. The molecule has 2 heterocycles. The highest BCUT2D eigenvalue weighted by molar-refractivity contribution is 5.94. The number of hydrogen-bond donors (Lipinski definition) is 2. The van der Waals surface area contributed by atoms with Crippen LogP contribution in [0, 0.1) is 5.82 Å². The second kappa shape index (κ2) is 8.28. The van der Waals surface area contributed by atoms with Crippen LogP contribution in [0.4, 0.5) is 20.6 Å². The quantitative estimate of drug-likeness (QED) is 0.873. The molecule has 3 amide bonds. The van der Waals surface area contributed by atoms with Gasteiger partial charge in [0.25, 0.3) is 0 Å². The van der Waals surface area contributed by atoms with Gasteiger partial charge in [-0.1, -0.05) is 0 Å². The Balaban J connectivity index is 1.42. The zero-order chi connectivity index (χ0) is 18.4. The molecule has 2 aromatic rings. The summed E-state index contributed by atoms with van der Waals surface area (Å²) in [5, 5.41) is 5.31. The summed E-state index contributed by atoms with van der Waals surface area (Å²) >= 11 is 0. The highest BCUT2D eigenvalue weighted by Crippen LogP contribution is 2.16. The number of aromatic nitrogens is 1. The van der Waals surface area contributed by atoms with E-state index in [9.17, 15) is 14.0 Å². The Morgan fingerprint density at radius 3 is 2.31 bits per heavy atom. The molecule has 0 radical (unpaired) electrons. The van der Waals surface area contributed by atoms with Crippen LogP contribution in [0.2, 0.25) is 0 Å². The number of pyridine rings is 1. The largest absolute Gasteiger partial charge is 0.368 e. The number of carbonyl (C=O) groups is 2. The van der Waals surface area contributed by atoms with Crippen LogP contribution < -0.4 is 15.5 Å². The number of urea groups is 1. The predicted octanol–water partition coefficient (Wildman–Crippen LogP) is 1.69. The average Bonchev–Trinajstić information content (AvgIpc) is 2.68. The van der Waals surface area contributed by atoms with Crippen molar-refractivity contribution in [3.05, 3.63) is 54.6 Å². The zero-order valence-electron chi connectivity index (χ0n) is 14.2. The van der Waals surface area contributed by atoms with Gasteiger partial charge < -0.3 is 20.4 Å². The van der Waals surface area contributed by atoms with E-state index in [1.165, 1.54) is 12.1 Å². The second-order valence-electron chi connectivity index (χ2n) is 5.89. The van der Waals surface area contributed by atoms with Gasteiger partial charge in [0.1, 0.15) is 5.82 Å². The van der Waals surface area contributed by atoms with Gasteiger partial charge in [0, 0.05) is 49.9 Å². The topological polar surface area (TPSA) is 77.6 Å². The first-order valence-corrected chi connectivity index (χ1v) is 8.35. The summed E-state index contributed by atoms with van der Waals surface area (Å²) < 4.78 is 13.0. The van der Waals surface area contributed by atoms with E-state index in [0.717, 1.165) is 5.69 Å². The van der Waals surface area contributed by atoms with E-state index in [1.54, 1.807) is 41.6 Å². The Morgan fingerprint density at radius 1 is 1.00 bits per heavy atom. The van der Waals surface area contributed by atoms with Gasteiger partial charge in [-0.3, -0.25) is 9.78 Å². The number of anilines is 2. The van der Waals surface area contributed by atoms with Crippen LogP contribution in [0.3, 0.4) is 0 Å². The van der Waals surface area contributed by atoms with Gasteiger partial charge in [-0.05, 0) is 36.4 Å². The summed E-state index contributed by atoms with van der Waals surface area (Å²) in [6, 6.07) is 9.39. The van der Waals surface area contributed by atoms with Crippen molar-refractivity contribution in [3.63, 3.8) is 0 Å². The Hall–Kier alpha value is -3.16. The number of hydrogen-bond acceptors (Lipinski definition) is 4. The molecular weight excluding hydrogens is 337 g/mol. The molecule has 1 saturated heterocycles. The van der Waals surface area contributed by atoms with Crippen molar-refractivity contribution in [2.45, 2.75) is 0 Å². The lowest BCUT2D eigenvalue weighted by Crippen LogP contribution is -2.52. The lowest BCUT2D eigenvalue weighted by molar-refractivity contribution is -0.115. The maximum Gasteiger partial charge on any atom is 0.317 e. The molecule has 0 atom stereocenters. The van der Waals surface area contributed by atoms with E-state index in [1.807, 2.05) is 0 Å². The number of piperazine rings is 1. The first kappa shape index (κ1) is 17.7. The smallest absolute Gasteiger partial charge is 0.317 e. The molecule has 1 aromatic carbocycles. The van der Waals surface area contributed by atoms with Crippen molar-refractivity contribution >= 4 is 23.3 Å². The Morgan fingerprint density at radius 2 is 1.65 bits per heavy atom. The molecule has 26 heavy (non-hydrogen) atoms. The highest BCUT2D eigenvalue weighted by atomic mass is 19.1. The molecule has 1 aliphatic heterocycles. The molecule has 1 aromatic heterocycles. The minimum absolute atomic E-state index is 0.0979. The third-order valence-corrected chi connectivity index (χ3v) is 4.12. The molecule has 0 unspecified atom stereocenters. The normalized spacial score (nSPS) is 14.0. The summed E-state index contributed by atoms with van der Waals surface area (Å²) in [5.74, 6) is -0.564. The van der Waals surface area contributed by atoms with Crippen molar-refractivity contribution < 1.29 is 14.0 Å². The predicted molar refractivity (Wildman–Crippen MR) is 96.5 cm³/mol. The third kappa shape index (κ3) is 4.69. The Kier molecular flexibility index (Phi) is 5.62. The second-order valence-corrected chi connectivity index (χ2v) is 5.89. The number of nitrogens with zero attached hydrogens (tertiary/aromatic N) is 3. The molecular formula is C18H20FN5O2. The van der Waals surface area contributed by atoms with Gasteiger partial charge >= 0.3 is 6.03 Å². The molecule has 8 heteroatoms. The number of benzene rings is 1. The molecule has 0 bridgehead atoms. The van der Waals surface area contributed by atoms with Crippen LogP contribution in [0.5, 0.6) is 0 Å². The molecule has 1 fully saturated rings. The molecule has 7 nitrogen and oxygen atoms in total. The standard InChI is InChI=1S/C18H20FN5O2/c19-14-1-3-16(4-2-14)23-9-11-24(12-10-23)18(26)21-13-17(25)22-15-5-7-20-8-6-15/h1-8H,9-13H2,(H,21,26)(H,20,22,25). The van der Waals surface area contributed by atoms with Crippen LogP contribution >= 0.6 is 0 Å². The molecule has 0 spiro atoms. The van der Waals surface area contributed by atoms with Crippen molar-refractivity contribution in [2.75, 3.05) is 42.9 Å². The van der Waals surface area contributed by atoms with Crippen LogP contribution in [-0.2, 0) is 4.79 Å². The van der Waals surface area contributed by atoms with E-state index in [-0.39, 0.29) is 24.3 Å². The molecule has 3 rings (SSSR count). The molecule has 0 saturated carbocycles. The Bertz CT molecular complexity index is 746.